The summed E-state index contributed by atoms with van der Waals surface area (Å²) in [5, 5.41) is 6.36. The Labute approximate surface area is 188 Å². The Kier molecular flexibility index (Phi) is 7.38. The molecule has 0 aliphatic heterocycles. The number of amides is 1. The fraction of sp³-hybridized carbons (Fsp3) is 0.296. The van der Waals surface area contributed by atoms with Crippen LogP contribution >= 0.6 is 0 Å². The molecule has 0 unspecified atom stereocenters. The van der Waals surface area contributed by atoms with Crippen molar-refractivity contribution in [3.63, 3.8) is 0 Å². The van der Waals surface area contributed by atoms with Crippen molar-refractivity contribution in [3.05, 3.63) is 89.7 Å². The van der Waals surface area contributed by atoms with Crippen LogP contribution in [0.15, 0.2) is 72.8 Å². The summed E-state index contributed by atoms with van der Waals surface area (Å²) >= 11 is 0. The highest BCUT2D eigenvalue weighted by atomic mass is 19.1. The number of nitrogens with one attached hydrogen (secondary N) is 2. The Balaban J connectivity index is 1.29. The largest absolute Gasteiger partial charge is 0.489 e. The molecule has 0 spiro atoms. The van der Waals surface area contributed by atoms with Crippen LogP contribution in [0.4, 0.5) is 15.8 Å². The summed E-state index contributed by atoms with van der Waals surface area (Å²) in [7, 11) is 0. The molecule has 0 aromatic heterocycles. The molecule has 1 aliphatic carbocycles. The van der Waals surface area contributed by atoms with Crippen LogP contribution in [0.5, 0.6) is 5.75 Å². The summed E-state index contributed by atoms with van der Waals surface area (Å²) in [4.78, 5) is 12.5. The molecule has 4 rings (SSSR count). The molecule has 166 valence electrons. The topological polar surface area (TPSA) is 50.4 Å². The highest BCUT2D eigenvalue weighted by Gasteiger charge is 2.15. The van der Waals surface area contributed by atoms with Crippen LogP contribution in [0.1, 0.15) is 48.0 Å². The third-order valence-corrected chi connectivity index (χ3v) is 5.93. The molecule has 1 saturated carbocycles. The Bertz CT molecular complexity index is 1030. The first kappa shape index (κ1) is 21.9. The standard InChI is InChI=1S/C27H29FN2O2/c28-26-11-4-3-8-22(26)19-32-25-14-12-23(13-15-25)30-24-10-5-9-21(18-24)27(31)29-17-16-20-6-1-2-7-20/h3-5,8-15,18,20,30H,1-2,6-7,16-17,19H2,(H,29,31). The number of rotatable bonds is 9. The normalized spacial score (nSPS) is 13.7. The molecule has 3 aromatic carbocycles. The molecule has 1 aliphatic rings. The monoisotopic (exact) mass is 432 g/mol. The molecule has 1 amide bonds. The Morgan fingerprint density at radius 1 is 0.938 bits per heavy atom. The van der Waals surface area contributed by atoms with Gasteiger partial charge in [0.15, 0.2) is 0 Å². The number of carbonyl (C=O) groups is 1. The van der Waals surface area contributed by atoms with E-state index >= 15 is 0 Å². The van der Waals surface area contributed by atoms with Crippen molar-refractivity contribution in [1.82, 2.24) is 5.32 Å². The molecule has 5 heteroatoms. The minimum Gasteiger partial charge on any atom is -0.489 e. The second kappa shape index (κ2) is 10.8. The predicted molar refractivity (Wildman–Crippen MR) is 126 cm³/mol. The predicted octanol–water partition coefficient (Wildman–Crippen LogP) is 6.46. The van der Waals surface area contributed by atoms with Crippen LogP contribution in [0.2, 0.25) is 0 Å². The van der Waals surface area contributed by atoms with Crippen LogP contribution < -0.4 is 15.4 Å². The first-order valence-corrected chi connectivity index (χ1v) is 11.3. The van der Waals surface area contributed by atoms with Gasteiger partial charge in [-0.3, -0.25) is 4.79 Å². The fourth-order valence-corrected chi connectivity index (χ4v) is 4.11. The van der Waals surface area contributed by atoms with Gasteiger partial charge in [-0.2, -0.15) is 0 Å². The molecule has 0 radical (unpaired) electrons. The average molecular weight is 433 g/mol. The van der Waals surface area contributed by atoms with E-state index in [-0.39, 0.29) is 18.3 Å². The molecule has 32 heavy (non-hydrogen) atoms. The number of ether oxygens (including phenoxy) is 1. The average Bonchev–Trinajstić information content (AvgIpc) is 3.33. The lowest BCUT2D eigenvalue weighted by atomic mass is 10.0. The van der Waals surface area contributed by atoms with Crippen molar-refractivity contribution in [2.24, 2.45) is 5.92 Å². The second-order valence-electron chi connectivity index (χ2n) is 8.31. The van der Waals surface area contributed by atoms with Gasteiger partial charge < -0.3 is 15.4 Å². The van der Waals surface area contributed by atoms with Crippen LogP contribution in [0, 0.1) is 11.7 Å². The van der Waals surface area contributed by atoms with Gasteiger partial charge >= 0.3 is 0 Å². The smallest absolute Gasteiger partial charge is 0.251 e. The van der Waals surface area contributed by atoms with Gasteiger partial charge in [0, 0.05) is 29.0 Å². The van der Waals surface area contributed by atoms with E-state index in [0.717, 1.165) is 30.3 Å². The molecule has 0 atom stereocenters. The third-order valence-electron chi connectivity index (χ3n) is 5.93. The SMILES string of the molecule is O=C(NCCC1CCCC1)c1cccc(Nc2ccc(OCc3ccccc3F)cc2)c1. The van der Waals surface area contributed by atoms with Gasteiger partial charge in [-0.05, 0) is 60.9 Å². The highest BCUT2D eigenvalue weighted by Crippen LogP contribution is 2.27. The Morgan fingerprint density at radius 2 is 1.72 bits per heavy atom. The van der Waals surface area contributed by atoms with E-state index < -0.39 is 0 Å². The molecular formula is C27H29FN2O2. The maximum Gasteiger partial charge on any atom is 0.251 e. The summed E-state index contributed by atoms with van der Waals surface area (Å²) in [6, 6.07) is 21.5. The maximum atomic E-state index is 13.7. The Morgan fingerprint density at radius 3 is 2.50 bits per heavy atom. The minimum atomic E-state index is -0.270. The fourth-order valence-electron chi connectivity index (χ4n) is 4.11. The molecule has 0 heterocycles. The van der Waals surface area contributed by atoms with Crippen molar-refractivity contribution < 1.29 is 13.9 Å². The lowest BCUT2D eigenvalue weighted by Gasteiger charge is -2.12. The van der Waals surface area contributed by atoms with Crippen molar-refractivity contribution in [2.45, 2.75) is 38.7 Å². The minimum absolute atomic E-state index is 0.0384. The summed E-state index contributed by atoms with van der Waals surface area (Å²) in [6.45, 7) is 0.910. The second-order valence-corrected chi connectivity index (χ2v) is 8.31. The summed E-state index contributed by atoms with van der Waals surface area (Å²) in [5.41, 5.74) is 2.88. The van der Waals surface area contributed by atoms with E-state index in [9.17, 15) is 9.18 Å². The van der Waals surface area contributed by atoms with Gasteiger partial charge in [-0.15, -0.1) is 0 Å². The quantitative estimate of drug-likeness (QED) is 0.408. The number of hydrogen-bond acceptors (Lipinski definition) is 3. The van der Waals surface area contributed by atoms with E-state index in [1.54, 1.807) is 18.2 Å². The summed E-state index contributed by atoms with van der Waals surface area (Å²) in [5.74, 6) is 1.12. The number of carbonyl (C=O) groups excluding carboxylic acids is 1. The van der Waals surface area contributed by atoms with Gasteiger partial charge in [-0.1, -0.05) is 49.9 Å². The van der Waals surface area contributed by atoms with Crippen LogP contribution in [-0.2, 0) is 6.61 Å². The highest BCUT2D eigenvalue weighted by molar-refractivity contribution is 5.95. The van der Waals surface area contributed by atoms with Gasteiger partial charge in [0.2, 0.25) is 0 Å². The number of benzene rings is 3. The molecule has 1 fully saturated rings. The molecule has 3 aromatic rings. The zero-order chi connectivity index (χ0) is 22.2. The first-order chi connectivity index (χ1) is 15.7. The van der Waals surface area contributed by atoms with Crippen LogP contribution in [0.25, 0.3) is 0 Å². The Hall–Kier alpha value is -3.34. The zero-order valence-electron chi connectivity index (χ0n) is 18.1. The number of anilines is 2. The van der Waals surface area contributed by atoms with Crippen molar-refractivity contribution in [3.8, 4) is 5.75 Å². The van der Waals surface area contributed by atoms with Crippen LogP contribution in [-0.4, -0.2) is 12.5 Å². The van der Waals surface area contributed by atoms with Crippen molar-refractivity contribution in [2.75, 3.05) is 11.9 Å². The van der Waals surface area contributed by atoms with E-state index in [4.69, 9.17) is 4.74 Å². The molecular weight excluding hydrogens is 403 g/mol. The van der Waals surface area contributed by atoms with Crippen molar-refractivity contribution in [1.29, 1.82) is 0 Å². The van der Waals surface area contributed by atoms with E-state index in [2.05, 4.69) is 10.6 Å². The lowest BCUT2D eigenvalue weighted by molar-refractivity contribution is 0.0951. The number of hydrogen-bond donors (Lipinski definition) is 2. The van der Waals surface area contributed by atoms with Gasteiger partial charge in [0.1, 0.15) is 18.2 Å². The van der Waals surface area contributed by atoms with E-state index in [1.165, 1.54) is 31.7 Å². The van der Waals surface area contributed by atoms with Crippen LogP contribution in [0.3, 0.4) is 0 Å². The molecule has 2 N–H and O–H groups in total. The maximum absolute atomic E-state index is 13.7. The van der Waals surface area contributed by atoms with Gasteiger partial charge in [0.25, 0.3) is 5.91 Å². The van der Waals surface area contributed by atoms with E-state index in [1.807, 2.05) is 48.5 Å². The van der Waals surface area contributed by atoms with E-state index in [0.29, 0.717) is 16.9 Å². The summed E-state index contributed by atoms with van der Waals surface area (Å²) < 4.78 is 19.4. The first-order valence-electron chi connectivity index (χ1n) is 11.3. The third kappa shape index (κ3) is 6.10. The molecule has 0 saturated heterocycles. The van der Waals surface area contributed by atoms with Gasteiger partial charge in [-0.25, -0.2) is 4.39 Å². The molecule has 4 nitrogen and oxygen atoms in total. The number of halogens is 1. The zero-order valence-corrected chi connectivity index (χ0v) is 18.1. The van der Waals surface area contributed by atoms with Gasteiger partial charge in [0.05, 0.1) is 0 Å². The molecule has 0 bridgehead atoms. The lowest BCUT2D eigenvalue weighted by Crippen LogP contribution is -2.25. The summed E-state index contributed by atoms with van der Waals surface area (Å²) in [6.07, 6.45) is 6.30. The van der Waals surface area contributed by atoms with Crippen molar-refractivity contribution >= 4 is 17.3 Å².